The van der Waals surface area contributed by atoms with Crippen LogP contribution in [0.25, 0.3) is 10.9 Å². The van der Waals surface area contributed by atoms with Crippen molar-refractivity contribution in [2.24, 2.45) is 0 Å². The smallest absolute Gasteiger partial charge is 0.335 e. The van der Waals surface area contributed by atoms with E-state index in [4.69, 9.17) is 10.1 Å². The number of carboxylic acid groups (broad SMARTS) is 1. The van der Waals surface area contributed by atoms with Crippen LogP contribution in [0, 0.1) is 0 Å². The van der Waals surface area contributed by atoms with Crippen LogP contribution < -0.4 is 10.2 Å². The lowest BCUT2D eigenvalue weighted by molar-refractivity contribution is 0.0697. The number of para-hydroxylation sites is 1. The second-order valence-corrected chi connectivity index (χ2v) is 6.44. The lowest BCUT2D eigenvalue weighted by Gasteiger charge is -2.28. The minimum Gasteiger partial charge on any atom is -0.478 e. The highest BCUT2D eigenvalue weighted by Gasteiger charge is 2.17. The number of piperidine rings is 1. The van der Waals surface area contributed by atoms with Gasteiger partial charge in [-0.3, -0.25) is 0 Å². The van der Waals surface area contributed by atoms with Gasteiger partial charge in [0, 0.05) is 24.2 Å². The number of aromatic carboxylic acids is 1. The zero-order valence-electron chi connectivity index (χ0n) is 14.4. The first-order valence-corrected chi connectivity index (χ1v) is 8.83. The minimum atomic E-state index is -0.939. The number of nitrogens with zero attached hydrogens (tertiary/aromatic N) is 3. The molecular formula is C20H20N4O2. The molecule has 1 fully saturated rings. The van der Waals surface area contributed by atoms with Gasteiger partial charge in [-0.1, -0.05) is 12.1 Å². The average Bonchev–Trinajstić information content (AvgIpc) is 2.68. The van der Waals surface area contributed by atoms with Crippen molar-refractivity contribution >= 4 is 34.3 Å². The van der Waals surface area contributed by atoms with Crippen LogP contribution in [0.4, 0.5) is 17.5 Å². The summed E-state index contributed by atoms with van der Waals surface area (Å²) in [6.07, 6.45) is 3.62. The molecule has 0 aliphatic carbocycles. The van der Waals surface area contributed by atoms with Crippen molar-refractivity contribution in [3.05, 3.63) is 54.1 Å². The highest BCUT2D eigenvalue weighted by atomic mass is 16.4. The maximum absolute atomic E-state index is 11.0. The van der Waals surface area contributed by atoms with Crippen LogP contribution >= 0.6 is 0 Å². The molecule has 0 unspecified atom stereocenters. The van der Waals surface area contributed by atoms with E-state index in [1.807, 2.05) is 18.2 Å². The molecular weight excluding hydrogens is 328 g/mol. The first kappa shape index (κ1) is 16.3. The van der Waals surface area contributed by atoms with E-state index < -0.39 is 5.97 Å². The van der Waals surface area contributed by atoms with Gasteiger partial charge in [-0.05, 0) is 55.7 Å². The molecule has 1 aliphatic heterocycles. The fraction of sp³-hybridized carbons (Fsp3) is 0.250. The van der Waals surface area contributed by atoms with Gasteiger partial charge in [0.2, 0.25) is 5.95 Å². The number of rotatable bonds is 4. The lowest BCUT2D eigenvalue weighted by Crippen LogP contribution is -2.30. The van der Waals surface area contributed by atoms with Crippen LogP contribution in [0.1, 0.15) is 29.6 Å². The number of anilines is 3. The van der Waals surface area contributed by atoms with Crippen LogP contribution in [0.3, 0.4) is 0 Å². The molecule has 0 atom stereocenters. The topological polar surface area (TPSA) is 78.3 Å². The van der Waals surface area contributed by atoms with Crippen molar-refractivity contribution in [1.29, 1.82) is 0 Å². The summed E-state index contributed by atoms with van der Waals surface area (Å²) < 4.78 is 0. The molecule has 0 radical (unpaired) electrons. The Bertz CT molecular complexity index is 934. The Hall–Kier alpha value is -3.15. The summed E-state index contributed by atoms with van der Waals surface area (Å²) in [5.74, 6) is 0.540. The highest BCUT2D eigenvalue weighted by molar-refractivity contribution is 5.91. The molecule has 1 saturated heterocycles. The van der Waals surface area contributed by atoms with Crippen LogP contribution in [0.15, 0.2) is 48.5 Å². The quantitative estimate of drug-likeness (QED) is 0.740. The van der Waals surface area contributed by atoms with Gasteiger partial charge in [0.05, 0.1) is 11.1 Å². The molecule has 2 heterocycles. The number of carbonyl (C=O) groups is 1. The molecule has 3 aromatic rings. The molecule has 6 nitrogen and oxygen atoms in total. The second kappa shape index (κ2) is 7.00. The molecule has 2 N–H and O–H groups in total. The van der Waals surface area contributed by atoms with Crippen LogP contribution in [0.5, 0.6) is 0 Å². The summed E-state index contributed by atoms with van der Waals surface area (Å²) in [6, 6.07) is 14.6. The molecule has 0 spiro atoms. The summed E-state index contributed by atoms with van der Waals surface area (Å²) in [5.41, 5.74) is 1.91. The average molecular weight is 348 g/mol. The third kappa shape index (κ3) is 3.31. The number of nitrogens with one attached hydrogen (secondary N) is 1. The first-order chi connectivity index (χ1) is 12.7. The minimum absolute atomic E-state index is 0.254. The Labute approximate surface area is 151 Å². The summed E-state index contributed by atoms with van der Waals surface area (Å²) in [5, 5.41) is 13.3. The van der Waals surface area contributed by atoms with Gasteiger partial charge in [0.25, 0.3) is 0 Å². The van der Waals surface area contributed by atoms with Gasteiger partial charge in [-0.25, -0.2) is 9.78 Å². The molecule has 2 aromatic carbocycles. The fourth-order valence-electron chi connectivity index (χ4n) is 3.29. The summed E-state index contributed by atoms with van der Waals surface area (Å²) >= 11 is 0. The largest absolute Gasteiger partial charge is 0.478 e. The molecule has 6 heteroatoms. The molecule has 1 aromatic heterocycles. The van der Waals surface area contributed by atoms with Crippen molar-refractivity contribution in [2.45, 2.75) is 19.3 Å². The lowest BCUT2D eigenvalue weighted by atomic mass is 10.1. The Morgan fingerprint density at radius 2 is 1.69 bits per heavy atom. The number of carboxylic acids is 1. The predicted octanol–water partition coefficient (Wildman–Crippen LogP) is 4.06. The Kier molecular flexibility index (Phi) is 4.39. The van der Waals surface area contributed by atoms with Crippen molar-refractivity contribution in [3.8, 4) is 0 Å². The Balaban J connectivity index is 1.69. The van der Waals surface area contributed by atoms with Gasteiger partial charge in [-0.15, -0.1) is 0 Å². The van der Waals surface area contributed by atoms with E-state index in [1.54, 1.807) is 24.3 Å². The number of hydrogen-bond donors (Lipinski definition) is 2. The Morgan fingerprint density at radius 1 is 0.962 bits per heavy atom. The molecule has 4 rings (SSSR count). The normalized spacial score (nSPS) is 14.4. The van der Waals surface area contributed by atoms with Gasteiger partial charge >= 0.3 is 5.97 Å². The molecule has 0 bridgehead atoms. The van der Waals surface area contributed by atoms with Gasteiger partial charge in [0.1, 0.15) is 5.82 Å². The maximum atomic E-state index is 11.0. The van der Waals surface area contributed by atoms with Crippen molar-refractivity contribution in [3.63, 3.8) is 0 Å². The van der Waals surface area contributed by atoms with E-state index in [0.29, 0.717) is 5.95 Å². The fourth-order valence-corrected chi connectivity index (χ4v) is 3.29. The van der Waals surface area contributed by atoms with Crippen molar-refractivity contribution < 1.29 is 9.90 Å². The molecule has 0 saturated carbocycles. The molecule has 132 valence electrons. The SMILES string of the molecule is O=C(O)c1ccc(Nc2nc(N3CCCCC3)c3ccccc3n2)cc1. The predicted molar refractivity (Wildman–Crippen MR) is 102 cm³/mol. The van der Waals surface area contributed by atoms with E-state index >= 15 is 0 Å². The van der Waals surface area contributed by atoms with Crippen LogP contribution in [-0.4, -0.2) is 34.1 Å². The number of benzene rings is 2. The molecule has 1 aliphatic rings. The van der Waals surface area contributed by atoms with E-state index in [-0.39, 0.29) is 5.56 Å². The monoisotopic (exact) mass is 348 g/mol. The molecule has 26 heavy (non-hydrogen) atoms. The van der Waals surface area contributed by atoms with E-state index in [1.165, 1.54) is 19.3 Å². The summed E-state index contributed by atoms with van der Waals surface area (Å²) in [6.45, 7) is 2.02. The van der Waals surface area contributed by atoms with Crippen molar-refractivity contribution in [1.82, 2.24) is 9.97 Å². The third-order valence-electron chi connectivity index (χ3n) is 4.63. The van der Waals surface area contributed by atoms with Crippen LogP contribution in [0.2, 0.25) is 0 Å². The second-order valence-electron chi connectivity index (χ2n) is 6.44. The first-order valence-electron chi connectivity index (χ1n) is 8.83. The van der Waals surface area contributed by atoms with Gasteiger partial charge in [-0.2, -0.15) is 4.98 Å². The Morgan fingerprint density at radius 3 is 2.42 bits per heavy atom. The summed E-state index contributed by atoms with van der Waals surface area (Å²) in [4.78, 5) is 22.7. The molecule has 0 amide bonds. The number of fused-ring (bicyclic) bond motifs is 1. The zero-order chi connectivity index (χ0) is 17.9. The maximum Gasteiger partial charge on any atom is 0.335 e. The van der Waals surface area contributed by atoms with Crippen molar-refractivity contribution in [2.75, 3.05) is 23.3 Å². The highest BCUT2D eigenvalue weighted by Crippen LogP contribution is 2.28. The third-order valence-corrected chi connectivity index (χ3v) is 4.63. The van der Waals surface area contributed by atoms with E-state index in [2.05, 4.69) is 21.3 Å². The number of aromatic nitrogens is 2. The van der Waals surface area contributed by atoms with Gasteiger partial charge < -0.3 is 15.3 Å². The van der Waals surface area contributed by atoms with Gasteiger partial charge in [0.15, 0.2) is 0 Å². The van der Waals surface area contributed by atoms with E-state index in [0.717, 1.165) is 35.5 Å². The van der Waals surface area contributed by atoms with E-state index in [9.17, 15) is 4.79 Å². The standard InChI is InChI=1S/C20H20N4O2/c25-19(26)14-8-10-15(11-9-14)21-20-22-17-7-3-2-6-16(17)18(23-20)24-12-4-1-5-13-24/h2-3,6-11H,1,4-5,12-13H2,(H,25,26)(H,21,22,23). The summed E-state index contributed by atoms with van der Waals surface area (Å²) in [7, 11) is 0. The zero-order valence-corrected chi connectivity index (χ0v) is 14.4. The number of hydrogen-bond acceptors (Lipinski definition) is 5. The van der Waals surface area contributed by atoms with Crippen LogP contribution in [-0.2, 0) is 0 Å².